The lowest BCUT2D eigenvalue weighted by Crippen LogP contribution is -2.35. The summed E-state index contributed by atoms with van der Waals surface area (Å²) in [4.78, 5) is 0. The van der Waals surface area contributed by atoms with Crippen LogP contribution in [0.15, 0.2) is 22.9 Å². The van der Waals surface area contributed by atoms with Crippen molar-refractivity contribution in [1.29, 1.82) is 0 Å². The Balaban J connectivity index is 2.68. The Hall–Kier alpha value is -0.423. The Labute approximate surface area is 131 Å². The molecule has 0 saturated carbocycles. The molecule has 0 fully saturated rings. The van der Waals surface area contributed by atoms with E-state index in [0.29, 0.717) is 19.6 Å². The van der Waals surface area contributed by atoms with Gasteiger partial charge in [0, 0.05) is 6.42 Å². The third-order valence-electron chi connectivity index (χ3n) is 3.62. The monoisotopic (exact) mass is 311 g/mol. The van der Waals surface area contributed by atoms with Gasteiger partial charge in [-0.2, -0.15) is 5.11 Å². The van der Waals surface area contributed by atoms with Gasteiger partial charge >= 0.3 is 5.97 Å². The number of ether oxygens (including phenoxy) is 2. The first-order chi connectivity index (χ1) is 9.82. The highest BCUT2D eigenvalue weighted by Gasteiger charge is 2.32. The molecule has 121 valence electrons. The van der Waals surface area contributed by atoms with Gasteiger partial charge in [0.1, 0.15) is 0 Å². The van der Waals surface area contributed by atoms with E-state index in [1.54, 1.807) is 0 Å². The molecular weight excluding hydrogens is 280 g/mol. The van der Waals surface area contributed by atoms with Crippen molar-refractivity contribution in [2.24, 2.45) is 0 Å². The van der Waals surface area contributed by atoms with Gasteiger partial charge in [-0.25, -0.2) is 0 Å². The van der Waals surface area contributed by atoms with E-state index in [1.165, 1.54) is 10.8 Å². The fraction of sp³-hybridized carbons (Fsp3) is 0.765. The highest BCUT2D eigenvalue weighted by molar-refractivity contribution is 6.83. The molecule has 0 aromatic heterocycles. The number of hydrogen-bond donors (Lipinski definition) is 0. The number of allylic oxidation sites excluding steroid dienone is 4. The van der Waals surface area contributed by atoms with Crippen molar-refractivity contribution in [2.45, 2.75) is 71.6 Å². The van der Waals surface area contributed by atoms with Gasteiger partial charge in [-0.3, -0.25) is 0 Å². The van der Waals surface area contributed by atoms with Crippen LogP contribution in [0, 0.1) is 0 Å². The van der Waals surface area contributed by atoms with Crippen molar-refractivity contribution in [2.75, 3.05) is 13.2 Å². The van der Waals surface area contributed by atoms with Crippen LogP contribution in [-0.2, 0) is 14.6 Å². The summed E-state index contributed by atoms with van der Waals surface area (Å²) < 4.78 is 10.9. The topological polar surface area (TPSA) is 38.4 Å². The standard InChI is InChI=1S/C17H31O3Si/c1-6-13-19-17(18,20-14-7-2)12-11-15-9-8-10-16(15)21(3,4)5/h8,10H,6-7,9,11-14H2,1-5H3. The van der Waals surface area contributed by atoms with Gasteiger partial charge in [0.2, 0.25) is 0 Å². The maximum Gasteiger partial charge on any atom is 0.312 e. The number of hydrogen-bond acceptors (Lipinski definition) is 2. The molecule has 0 aromatic rings. The quantitative estimate of drug-likeness (QED) is 0.428. The molecule has 1 aliphatic carbocycles. The van der Waals surface area contributed by atoms with Crippen LogP contribution in [0.25, 0.3) is 0 Å². The van der Waals surface area contributed by atoms with Gasteiger partial charge in [0.25, 0.3) is 0 Å². The van der Waals surface area contributed by atoms with Crippen LogP contribution in [-0.4, -0.2) is 27.3 Å². The Morgan fingerprint density at radius 2 is 1.71 bits per heavy atom. The molecule has 0 heterocycles. The van der Waals surface area contributed by atoms with Gasteiger partial charge in [-0.15, -0.1) is 0 Å². The molecule has 0 aromatic carbocycles. The summed E-state index contributed by atoms with van der Waals surface area (Å²) in [5.74, 6) is -1.67. The van der Waals surface area contributed by atoms with E-state index in [-0.39, 0.29) is 0 Å². The van der Waals surface area contributed by atoms with E-state index in [2.05, 4.69) is 31.8 Å². The fourth-order valence-corrected chi connectivity index (χ4v) is 4.47. The Morgan fingerprint density at radius 1 is 1.14 bits per heavy atom. The first kappa shape index (κ1) is 18.6. The maximum absolute atomic E-state index is 12.7. The number of rotatable bonds is 10. The summed E-state index contributed by atoms with van der Waals surface area (Å²) in [6, 6.07) is 0. The molecule has 0 N–H and O–H groups in total. The molecule has 3 nitrogen and oxygen atoms in total. The zero-order valence-electron chi connectivity index (χ0n) is 14.3. The Bertz CT molecular complexity index is 372. The van der Waals surface area contributed by atoms with Crippen molar-refractivity contribution in [1.82, 2.24) is 0 Å². The molecule has 1 radical (unpaired) electrons. The van der Waals surface area contributed by atoms with Crippen molar-refractivity contribution in [3.8, 4) is 0 Å². The van der Waals surface area contributed by atoms with E-state index in [1.807, 2.05) is 13.8 Å². The summed E-state index contributed by atoms with van der Waals surface area (Å²) in [5.41, 5.74) is 1.41. The first-order valence-corrected chi connectivity index (χ1v) is 11.7. The van der Waals surface area contributed by atoms with Crippen molar-refractivity contribution >= 4 is 8.07 Å². The predicted molar refractivity (Wildman–Crippen MR) is 89.3 cm³/mol. The van der Waals surface area contributed by atoms with Crippen LogP contribution in [0.1, 0.15) is 46.0 Å². The van der Waals surface area contributed by atoms with Gasteiger partial charge in [0.15, 0.2) is 0 Å². The van der Waals surface area contributed by atoms with Crippen LogP contribution in [0.2, 0.25) is 19.6 Å². The van der Waals surface area contributed by atoms with Crippen molar-refractivity contribution in [3.05, 3.63) is 22.9 Å². The van der Waals surface area contributed by atoms with E-state index >= 15 is 0 Å². The maximum atomic E-state index is 12.7. The Kier molecular flexibility index (Phi) is 7.34. The molecule has 0 atom stereocenters. The largest absolute Gasteiger partial charge is 0.326 e. The summed E-state index contributed by atoms with van der Waals surface area (Å²) in [7, 11) is -1.33. The normalized spacial score (nSPS) is 16.1. The molecule has 1 rings (SSSR count). The minimum atomic E-state index is -1.67. The van der Waals surface area contributed by atoms with E-state index in [9.17, 15) is 5.11 Å². The van der Waals surface area contributed by atoms with Crippen LogP contribution in [0.4, 0.5) is 0 Å². The fourth-order valence-electron chi connectivity index (χ4n) is 2.57. The predicted octanol–water partition coefficient (Wildman–Crippen LogP) is 4.84. The third-order valence-corrected chi connectivity index (χ3v) is 5.76. The second kappa shape index (κ2) is 8.27. The molecule has 0 bridgehead atoms. The molecule has 0 aliphatic heterocycles. The van der Waals surface area contributed by atoms with Crippen LogP contribution < -0.4 is 0 Å². The molecule has 0 spiro atoms. The SMILES string of the molecule is CCCOC([O])(CCC1=C([Si](C)(C)C)C=CC1)OCCC. The lowest BCUT2D eigenvalue weighted by molar-refractivity contribution is -0.390. The summed E-state index contributed by atoms with van der Waals surface area (Å²) in [6.07, 6.45) is 8.32. The molecular formula is C17H31O3Si. The first-order valence-electron chi connectivity index (χ1n) is 8.19. The molecule has 1 aliphatic rings. The minimum absolute atomic E-state index is 0.401. The summed E-state index contributed by atoms with van der Waals surface area (Å²) in [6.45, 7) is 12.0. The van der Waals surface area contributed by atoms with Crippen molar-refractivity contribution in [3.63, 3.8) is 0 Å². The third kappa shape index (κ3) is 6.07. The summed E-state index contributed by atoms with van der Waals surface area (Å²) >= 11 is 0. The molecule has 0 saturated heterocycles. The average molecular weight is 312 g/mol. The lowest BCUT2D eigenvalue weighted by atomic mass is 10.1. The molecule has 21 heavy (non-hydrogen) atoms. The van der Waals surface area contributed by atoms with Crippen molar-refractivity contribution < 1.29 is 14.6 Å². The molecule has 0 amide bonds. The highest BCUT2D eigenvalue weighted by Crippen LogP contribution is 2.32. The van der Waals surface area contributed by atoms with Gasteiger partial charge in [-0.05, 0) is 25.7 Å². The molecule has 4 heteroatoms. The minimum Gasteiger partial charge on any atom is -0.326 e. The van der Waals surface area contributed by atoms with Gasteiger partial charge < -0.3 is 9.47 Å². The van der Waals surface area contributed by atoms with Gasteiger partial charge in [0.05, 0.1) is 21.3 Å². The van der Waals surface area contributed by atoms with E-state index in [4.69, 9.17) is 9.47 Å². The van der Waals surface area contributed by atoms with Crippen LogP contribution in [0.3, 0.4) is 0 Å². The van der Waals surface area contributed by atoms with E-state index in [0.717, 1.165) is 25.7 Å². The zero-order valence-corrected chi connectivity index (χ0v) is 15.3. The Morgan fingerprint density at radius 3 is 2.19 bits per heavy atom. The second-order valence-electron chi connectivity index (χ2n) is 6.75. The zero-order chi connectivity index (χ0) is 15.9. The van der Waals surface area contributed by atoms with Gasteiger partial charge in [-0.1, -0.05) is 56.4 Å². The van der Waals surface area contributed by atoms with Crippen LogP contribution >= 0.6 is 0 Å². The second-order valence-corrected chi connectivity index (χ2v) is 11.8. The summed E-state index contributed by atoms with van der Waals surface area (Å²) in [5, 5.41) is 14.2. The molecule has 0 unspecified atom stereocenters. The average Bonchev–Trinajstić information content (AvgIpc) is 2.89. The highest BCUT2D eigenvalue weighted by atomic mass is 28.3. The lowest BCUT2D eigenvalue weighted by Gasteiger charge is -2.27. The smallest absolute Gasteiger partial charge is 0.312 e. The van der Waals surface area contributed by atoms with Crippen LogP contribution in [0.5, 0.6) is 0 Å². The van der Waals surface area contributed by atoms with E-state index < -0.39 is 14.0 Å².